The topological polar surface area (TPSA) is 83.9 Å². The van der Waals surface area contributed by atoms with Crippen molar-refractivity contribution in [2.75, 3.05) is 13.1 Å². The summed E-state index contributed by atoms with van der Waals surface area (Å²) in [6.07, 6.45) is 5.19. The first-order valence-electron chi connectivity index (χ1n) is 9.53. The minimum atomic E-state index is -0.140. The number of aromatic nitrogens is 4. The summed E-state index contributed by atoms with van der Waals surface area (Å²) in [6, 6.07) is 14.8. The Bertz CT molecular complexity index is 1240. The summed E-state index contributed by atoms with van der Waals surface area (Å²) >= 11 is 0. The fourth-order valence-electron chi connectivity index (χ4n) is 3.76. The van der Waals surface area contributed by atoms with Gasteiger partial charge in [-0.25, -0.2) is 4.68 Å². The smallest absolute Gasteiger partial charge is 0.266 e. The molecule has 0 unspecified atom stereocenters. The molecule has 3 aromatic heterocycles. The number of pyridine rings is 1. The number of aromatic amines is 1. The van der Waals surface area contributed by atoms with Gasteiger partial charge in [0.05, 0.1) is 17.8 Å². The Hall–Kier alpha value is -3.74. The van der Waals surface area contributed by atoms with Crippen molar-refractivity contribution >= 4 is 16.8 Å². The number of hydrogen-bond donors (Lipinski definition) is 1. The monoisotopic (exact) mass is 385 g/mol. The number of hydrogen-bond acceptors (Lipinski definition) is 4. The molecule has 5 rings (SSSR count). The third kappa shape index (κ3) is 3.20. The van der Waals surface area contributed by atoms with Crippen LogP contribution in [0.2, 0.25) is 0 Å². The zero-order chi connectivity index (χ0) is 19.8. The van der Waals surface area contributed by atoms with Crippen LogP contribution in [-0.2, 0) is 6.54 Å². The van der Waals surface area contributed by atoms with Gasteiger partial charge in [0.1, 0.15) is 0 Å². The van der Waals surface area contributed by atoms with E-state index >= 15 is 0 Å². The lowest BCUT2D eigenvalue weighted by atomic mass is 9.98. The average Bonchev–Trinajstić information content (AvgIpc) is 3.16. The number of para-hydroxylation sites is 1. The third-order valence-corrected chi connectivity index (χ3v) is 5.32. The van der Waals surface area contributed by atoms with Crippen LogP contribution in [0, 0.1) is 5.92 Å². The van der Waals surface area contributed by atoms with Gasteiger partial charge in [-0.2, -0.15) is 5.10 Å². The lowest BCUT2D eigenvalue weighted by Crippen LogP contribution is -2.52. The number of rotatable bonds is 4. The summed E-state index contributed by atoms with van der Waals surface area (Å²) < 4.78 is 1.49. The maximum absolute atomic E-state index is 12.8. The Morgan fingerprint density at radius 3 is 2.79 bits per heavy atom. The van der Waals surface area contributed by atoms with Crippen molar-refractivity contribution in [3.8, 4) is 11.3 Å². The number of nitrogens with one attached hydrogen (secondary N) is 1. The van der Waals surface area contributed by atoms with Gasteiger partial charge in [0.2, 0.25) is 0 Å². The molecule has 7 nitrogen and oxygen atoms in total. The molecule has 0 radical (unpaired) electrons. The van der Waals surface area contributed by atoms with Crippen LogP contribution >= 0.6 is 0 Å². The summed E-state index contributed by atoms with van der Waals surface area (Å²) in [5.74, 6) is 0.224. The molecule has 0 bridgehead atoms. The van der Waals surface area contributed by atoms with Crippen LogP contribution in [-0.4, -0.2) is 43.6 Å². The fraction of sp³-hybridized carbons (Fsp3) is 0.182. The molecule has 1 aliphatic rings. The van der Waals surface area contributed by atoms with Crippen LogP contribution in [0.25, 0.3) is 22.2 Å². The van der Waals surface area contributed by atoms with E-state index in [1.54, 1.807) is 24.7 Å². The van der Waals surface area contributed by atoms with E-state index in [4.69, 9.17) is 0 Å². The van der Waals surface area contributed by atoms with Crippen LogP contribution in [0.5, 0.6) is 0 Å². The normalized spacial score (nSPS) is 14.1. The van der Waals surface area contributed by atoms with E-state index in [9.17, 15) is 9.59 Å². The van der Waals surface area contributed by atoms with Crippen molar-refractivity contribution in [1.29, 1.82) is 0 Å². The summed E-state index contributed by atoms with van der Waals surface area (Å²) in [7, 11) is 0. The zero-order valence-corrected chi connectivity index (χ0v) is 15.7. The molecular weight excluding hydrogens is 366 g/mol. The van der Waals surface area contributed by atoms with Crippen LogP contribution in [0.1, 0.15) is 10.4 Å². The van der Waals surface area contributed by atoms with Gasteiger partial charge in [0.15, 0.2) is 0 Å². The SMILES string of the molecule is O=C(c1c[nH]c2ccccc12)N1CC(Cn2nc(-c3cccnc3)ccc2=O)C1. The van der Waals surface area contributed by atoms with Gasteiger partial charge < -0.3 is 9.88 Å². The lowest BCUT2D eigenvalue weighted by Gasteiger charge is -2.39. The van der Waals surface area contributed by atoms with E-state index in [0.717, 1.165) is 16.5 Å². The highest BCUT2D eigenvalue weighted by atomic mass is 16.2. The van der Waals surface area contributed by atoms with Crippen molar-refractivity contribution in [3.05, 3.63) is 83.0 Å². The van der Waals surface area contributed by atoms with Gasteiger partial charge in [-0.05, 0) is 24.3 Å². The van der Waals surface area contributed by atoms with E-state index in [2.05, 4.69) is 15.1 Å². The van der Waals surface area contributed by atoms with E-state index < -0.39 is 0 Å². The molecule has 0 spiro atoms. The highest BCUT2D eigenvalue weighted by Gasteiger charge is 2.32. The molecule has 1 amide bonds. The number of H-pyrrole nitrogens is 1. The summed E-state index contributed by atoms with van der Waals surface area (Å²) in [6.45, 7) is 1.72. The summed E-state index contributed by atoms with van der Waals surface area (Å²) in [5, 5.41) is 5.41. The van der Waals surface area contributed by atoms with Gasteiger partial charge in [-0.3, -0.25) is 14.6 Å². The van der Waals surface area contributed by atoms with Crippen LogP contribution in [0.3, 0.4) is 0 Å². The molecule has 7 heteroatoms. The molecular formula is C22H19N5O2. The van der Waals surface area contributed by atoms with Crippen molar-refractivity contribution < 1.29 is 4.79 Å². The Kier molecular flexibility index (Phi) is 4.20. The number of carbonyl (C=O) groups excluding carboxylic acids is 1. The largest absolute Gasteiger partial charge is 0.360 e. The second-order valence-electron chi connectivity index (χ2n) is 7.30. The molecule has 0 saturated carbocycles. The van der Waals surface area contributed by atoms with Crippen molar-refractivity contribution in [2.45, 2.75) is 6.54 Å². The van der Waals surface area contributed by atoms with Gasteiger partial charge in [0, 0.05) is 60.1 Å². The summed E-state index contributed by atoms with van der Waals surface area (Å²) in [4.78, 5) is 34.1. The van der Waals surface area contributed by atoms with Gasteiger partial charge in [0.25, 0.3) is 11.5 Å². The molecule has 1 aliphatic heterocycles. The maximum Gasteiger partial charge on any atom is 0.266 e. The quantitative estimate of drug-likeness (QED) is 0.585. The van der Waals surface area contributed by atoms with E-state index in [0.29, 0.717) is 30.9 Å². The first-order valence-corrected chi connectivity index (χ1v) is 9.53. The molecule has 144 valence electrons. The maximum atomic E-state index is 12.8. The van der Waals surface area contributed by atoms with Crippen molar-refractivity contribution in [2.24, 2.45) is 5.92 Å². The Balaban J connectivity index is 1.28. The minimum Gasteiger partial charge on any atom is -0.360 e. The Morgan fingerprint density at radius 2 is 1.97 bits per heavy atom. The number of amides is 1. The standard InChI is InChI=1S/C22H19N5O2/c28-21-8-7-19(16-4-3-9-23-10-16)25-27(21)14-15-12-26(13-15)22(29)18-11-24-20-6-2-1-5-17(18)20/h1-11,15,24H,12-14H2. The Morgan fingerprint density at radius 1 is 1.10 bits per heavy atom. The zero-order valence-electron chi connectivity index (χ0n) is 15.7. The van der Waals surface area contributed by atoms with E-state index in [1.807, 2.05) is 41.3 Å². The molecule has 1 aromatic carbocycles. The lowest BCUT2D eigenvalue weighted by molar-refractivity contribution is 0.0460. The minimum absolute atomic E-state index is 0.0168. The number of carbonyl (C=O) groups is 1. The summed E-state index contributed by atoms with van der Waals surface area (Å²) in [5.41, 5.74) is 3.08. The number of nitrogens with zero attached hydrogens (tertiary/aromatic N) is 4. The van der Waals surface area contributed by atoms with Gasteiger partial charge in [-0.1, -0.05) is 18.2 Å². The van der Waals surface area contributed by atoms with E-state index in [1.165, 1.54) is 10.7 Å². The van der Waals surface area contributed by atoms with Crippen molar-refractivity contribution in [1.82, 2.24) is 24.6 Å². The van der Waals surface area contributed by atoms with Gasteiger partial charge >= 0.3 is 0 Å². The molecule has 1 saturated heterocycles. The first-order chi connectivity index (χ1) is 14.2. The molecule has 4 aromatic rings. The van der Waals surface area contributed by atoms with Crippen LogP contribution in [0.4, 0.5) is 0 Å². The van der Waals surface area contributed by atoms with Crippen molar-refractivity contribution in [3.63, 3.8) is 0 Å². The van der Waals surface area contributed by atoms with Gasteiger partial charge in [-0.15, -0.1) is 0 Å². The molecule has 1 N–H and O–H groups in total. The highest BCUT2D eigenvalue weighted by molar-refractivity contribution is 6.06. The predicted octanol–water partition coefficient (Wildman–Crippen LogP) is 2.56. The number of fused-ring (bicyclic) bond motifs is 1. The predicted molar refractivity (Wildman–Crippen MR) is 109 cm³/mol. The third-order valence-electron chi connectivity index (χ3n) is 5.32. The highest BCUT2D eigenvalue weighted by Crippen LogP contribution is 2.24. The molecule has 4 heterocycles. The van der Waals surface area contributed by atoms with Crippen LogP contribution < -0.4 is 5.56 Å². The Labute approximate surface area is 166 Å². The van der Waals surface area contributed by atoms with E-state index in [-0.39, 0.29) is 17.4 Å². The number of benzene rings is 1. The number of likely N-dealkylation sites (tertiary alicyclic amines) is 1. The molecule has 0 aliphatic carbocycles. The van der Waals surface area contributed by atoms with Crippen LogP contribution in [0.15, 0.2) is 71.9 Å². The average molecular weight is 385 g/mol. The molecule has 0 atom stereocenters. The second kappa shape index (κ2) is 7.01. The molecule has 29 heavy (non-hydrogen) atoms. The second-order valence-corrected chi connectivity index (χ2v) is 7.30. The first kappa shape index (κ1) is 17.4. The molecule has 1 fully saturated rings. The fourth-order valence-corrected chi connectivity index (χ4v) is 3.76.